The highest BCUT2D eigenvalue weighted by Gasteiger charge is 2.33. The molecule has 4 heterocycles. The number of carbonyl (C=O) groups excluding carboxylic acids is 2. The predicted octanol–water partition coefficient (Wildman–Crippen LogP) is 5.33. The summed E-state index contributed by atoms with van der Waals surface area (Å²) in [5, 5.41) is 0. The smallest absolute Gasteiger partial charge is 0.410 e. The van der Waals surface area contributed by atoms with Crippen LogP contribution in [-0.4, -0.2) is 75.2 Å². The van der Waals surface area contributed by atoms with E-state index in [-0.39, 0.29) is 24.1 Å². The standard InChI is InChI=1S/C30H35FN4O4/c1-18-16-38-17-19(2)35(18)28(36)26-11-23(31)7-8-24(26)25-10-21(15-34-20(3)32-12-27(25)34)9-22-13-33(14-22)29(37)39-30(4,5)6/h7-12,15,18-19H,13-14,16-17H2,1-6H3/t18-,19-/m1/s1. The van der Waals surface area contributed by atoms with Gasteiger partial charge in [-0.2, -0.15) is 0 Å². The van der Waals surface area contributed by atoms with Crippen molar-refractivity contribution in [1.29, 1.82) is 0 Å². The van der Waals surface area contributed by atoms with Crippen molar-refractivity contribution in [3.05, 3.63) is 65.0 Å². The molecule has 9 heteroatoms. The largest absolute Gasteiger partial charge is 0.444 e. The Morgan fingerprint density at radius 2 is 1.79 bits per heavy atom. The zero-order valence-corrected chi connectivity index (χ0v) is 23.3. The van der Waals surface area contributed by atoms with Gasteiger partial charge in [-0.05, 0) is 76.4 Å². The van der Waals surface area contributed by atoms with E-state index in [2.05, 4.69) is 4.98 Å². The molecule has 0 saturated carbocycles. The van der Waals surface area contributed by atoms with E-state index in [0.717, 1.165) is 28.0 Å². The van der Waals surface area contributed by atoms with Crippen molar-refractivity contribution in [3.63, 3.8) is 0 Å². The normalized spacial score (nSPS) is 19.7. The highest BCUT2D eigenvalue weighted by molar-refractivity contribution is 6.03. The monoisotopic (exact) mass is 534 g/mol. The molecule has 39 heavy (non-hydrogen) atoms. The number of fused-ring (bicyclic) bond motifs is 1. The van der Waals surface area contributed by atoms with Gasteiger partial charge in [0, 0.05) is 24.8 Å². The lowest BCUT2D eigenvalue weighted by atomic mass is 9.95. The molecule has 0 spiro atoms. The van der Waals surface area contributed by atoms with Gasteiger partial charge in [0.1, 0.15) is 17.2 Å². The molecule has 2 aromatic heterocycles. The van der Waals surface area contributed by atoms with Gasteiger partial charge in [0.2, 0.25) is 0 Å². The predicted molar refractivity (Wildman–Crippen MR) is 147 cm³/mol. The van der Waals surface area contributed by atoms with Crippen molar-refractivity contribution in [2.75, 3.05) is 26.3 Å². The van der Waals surface area contributed by atoms with Gasteiger partial charge in [-0.25, -0.2) is 14.2 Å². The van der Waals surface area contributed by atoms with Crippen molar-refractivity contribution in [2.24, 2.45) is 0 Å². The molecule has 0 N–H and O–H groups in total. The number of amides is 2. The number of hydrogen-bond acceptors (Lipinski definition) is 5. The zero-order valence-electron chi connectivity index (χ0n) is 23.3. The highest BCUT2D eigenvalue weighted by atomic mass is 19.1. The van der Waals surface area contributed by atoms with Crippen LogP contribution in [0.3, 0.4) is 0 Å². The summed E-state index contributed by atoms with van der Waals surface area (Å²) in [6.07, 6.45) is 5.47. The summed E-state index contributed by atoms with van der Waals surface area (Å²) in [6.45, 7) is 13.2. The molecule has 2 aliphatic heterocycles. The van der Waals surface area contributed by atoms with E-state index in [1.165, 1.54) is 12.1 Å². The molecule has 2 atom stereocenters. The number of aryl methyl sites for hydroxylation is 1. The van der Waals surface area contributed by atoms with Gasteiger partial charge < -0.3 is 23.7 Å². The molecule has 2 aliphatic rings. The summed E-state index contributed by atoms with van der Waals surface area (Å²) in [7, 11) is 0. The number of likely N-dealkylation sites (tertiary alicyclic amines) is 1. The number of morpholine rings is 1. The molecular weight excluding hydrogens is 499 g/mol. The van der Waals surface area contributed by atoms with Crippen LogP contribution in [-0.2, 0) is 9.47 Å². The number of benzene rings is 1. The lowest BCUT2D eigenvalue weighted by Crippen LogP contribution is -2.52. The number of aromatic nitrogens is 2. The average molecular weight is 535 g/mol. The first-order valence-electron chi connectivity index (χ1n) is 13.3. The summed E-state index contributed by atoms with van der Waals surface area (Å²) in [5.74, 6) is 0.102. The van der Waals surface area contributed by atoms with Gasteiger partial charge in [0.05, 0.1) is 42.6 Å². The molecule has 2 fully saturated rings. The Morgan fingerprint density at radius 3 is 2.46 bits per heavy atom. The Bertz CT molecular complexity index is 1450. The molecular formula is C30H35FN4O4. The molecule has 3 aromatic rings. The topological polar surface area (TPSA) is 76.4 Å². The molecule has 8 nitrogen and oxygen atoms in total. The fourth-order valence-electron chi connectivity index (χ4n) is 5.24. The van der Waals surface area contributed by atoms with E-state index in [0.29, 0.717) is 37.4 Å². The van der Waals surface area contributed by atoms with Crippen molar-refractivity contribution in [2.45, 2.75) is 59.2 Å². The van der Waals surface area contributed by atoms with Crippen molar-refractivity contribution < 1.29 is 23.5 Å². The second-order valence-electron chi connectivity index (χ2n) is 11.5. The minimum Gasteiger partial charge on any atom is -0.444 e. The fraction of sp³-hybridized carbons (Fsp3) is 0.433. The van der Waals surface area contributed by atoms with E-state index < -0.39 is 11.4 Å². The third-order valence-electron chi connectivity index (χ3n) is 7.06. The second kappa shape index (κ2) is 10.1. The summed E-state index contributed by atoms with van der Waals surface area (Å²) in [6, 6.07) is 6.11. The number of imidazole rings is 1. The number of halogens is 1. The quantitative estimate of drug-likeness (QED) is 0.454. The van der Waals surface area contributed by atoms with Gasteiger partial charge in [-0.3, -0.25) is 4.79 Å². The number of hydrogen-bond donors (Lipinski definition) is 0. The molecule has 206 valence electrons. The number of carbonyl (C=O) groups is 2. The van der Waals surface area contributed by atoms with Crippen LogP contribution in [0.2, 0.25) is 0 Å². The van der Waals surface area contributed by atoms with Crippen LogP contribution in [0, 0.1) is 12.7 Å². The molecule has 0 aliphatic carbocycles. The van der Waals surface area contributed by atoms with Gasteiger partial charge in [0.15, 0.2) is 0 Å². The van der Waals surface area contributed by atoms with Crippen LogP contribution >= 0.6 is 0 Å². The van der Waals surface area contributed by atoms with E-state index >= 15 is 0 Å². The lowest BCUT2D eigenvalue weighted by Gasteiger charge is -2.39. The molecule has 2 saturated heterocycles. The number of nitrogens with zero attached hydrogens (tertiary/aromatic N) is 4. The van der Waals surface area contributed by atoms with Gasteiger partial charge in [-0.1, -0.05) is 12.1 Å². The number of pyridine rings is 1. The first-order chi connectivity index (χ1) is 18.4. The van der Waals surface area contributed by atoms with E-state index in [9.17, 15) is 14.0 Å². The summed E-state index contributed by atoms with van der Waals surface area (Å²) < 4.78 is 27.6. The van der Waals surface area contributed by atoms with Gasteiger partial charge in [-0.15, -0.1) is 0 Å². The van der Waals surface area contributed by atoms with Crippen LogP contribution in [0.15, 0.2) is 42.2 Å². The molecule has 2 amide bonds. The van der Waals surface area contributed by atoms with E-state index in [1.54, 1.807) is 22.1 Å². The highest BCUT2D eigenvalue weighted by Crippen LogP contribution is 2.33. The third-order valence-corrected chi connectivity index (χ3v) is 7.06. The van der Waals surface area contributed by atoms with E-state index in [1.807, 2.05) is 64.3 Å². The SMILES string of the molecule is Cc1ncc2c(-c3ccc(F)cc3C(=O)N3[C@H](C)COC[C@H]3C)cc(C=C3CN(C(=O)OC(C)(C)C)C3)cn12. The zero-order chi connectivity index (χ0) is 28.1. The van der Waals surface area contributed by atoms with Crippen molar-refractivity contribution in [3.8, 4) is 11.1 Å². The minimum atomic E-state index is -0.545. The third kappa shape index (κ3) is 5.41. The van der Waals surface area contributed by atoms with Gasteiger partial charge >= 0.3 is 6.09 Å². The maximum Gasteiger partial charge on any atom is 0.410 e. The molecule has 0 radical (unpaired) electrons. The number of rotatable bonds is 3. The fourth-order valence-corrected chi connectivity index (χ4v) is 5.24. The van der Waals surface area contributed by atoms with Crippen LogP contribution in [0.1, 0.15) is 56.4 Å². The minimum absolute atomic E-state index is 0.128. The Kier molecular flexibility index (Phi) is 6.97. The Hall–Kier alpha value is -3.72. The second-order valence-corrected chi connectivity index (χ2v) is 11.5. The maximum absolute atomic E-state index is 14.5. The lowest BCUT2D eigenvalue weighted by molar-refractivity contribution is -0.0249. The van der Waals surface area contributed by atoms with Crippen LogP contribution in [0.5, 0.6) is 0 Å². The van der Waals surface area contributed by atoms with Crippen molar-refractivity contribution >= 4 is 23.6 Å². The van der Waals surface area contributed by atoms with Crippen LogP contribution in [0.25, 0.3) is 22.7 Å². The van der Waals surface area contributed by atoms with Crippen LogP contribution < -0.4 is 0 Å². The summed E-state index contributed by atoms with van der Waals surface area (Å²) >= 11 is 0. The average Bonchev–Trinajstić information content (AvgIpc) is 3.20. The molecule has 5 rings (SSSR count). The first kappa shape index (κ1) is 26.9. The summed E-state index contributed by atoms with van der Waals surface area (Å²) in [5.41, 5.74) is 3.98. The molecule has 1 aromatic carbocycles. The maximum atomic E-state index is 14.5. The van der Waals surface area contributed by atoms with Crippen LogP contribution in [0.4, 0.5) is 9.18 Å². The van der Waals surface area contributed by atoms with E-state index in [4.69, 9.17) is 9.47 Å². The van der Waals surface area contributed by atoms with Gasteiger partial charge in [0.25, 0.3) is 5.91 Å². The summed E-state index contributed by atoms with van der Waals surface area (Å²) in [4.78, 5) is 34.1. The Morgan fingerprint density at radius 1 is 1.10 bits per heavy atom. The molecule has 0 unspecified atom stereocenters. The first-order valence-corrected chi connectivity index (χ1v) is 13.3. The Labute approximate surface area is 228 Å². The van der Waals surface area contributed by atoms with Crippen molar-refractivity contribution in [1.82, 2.24) is 19.2 Å². The number of ether oxygens (including phenoxy) is 2. The molecule has 0 bridgehead atoms. The Balaban J connectivity index is 1.52.